The molecule has 1 N–H and O–H groups in total. The zero-order valence-electron chi connectivity index (χ0n) is 13.0. The summed E-state index contributed by atoms with van der Waals surface area (Å²) in [6, 6.07) is 1.99. The number of rotatable bonds is 5. The Kier molecular flexibility index (Phi) is 3.99. The lowest BCUT2D eigenvalue weighted by Gasteiger charge is -2.31. The van der Waals surface area contributed by atoms with Crippen molar-refractivity contribution < 1.29 is 4.42 Å². The van der Waals surface area contributed by atoms with Gasteiger partial charge in [0.05, 0.1) is 18.2 Å². The van der Waals surface area contributed by atoms with Crippen molar-refractivity contribution in [2.45, 2.75) is 31.7 Å². The van der Waals surface area contributed by atoms with E-state index < -0.39 is 0 Å². The second-order valence-corrected chi connectivity index (χ2v) is 6.41. The van der Waals surface area contributed by atoms with E-state index in [0.717, 1.165) is 37.4 Å². The molecule has 2 aromatic heterocycles. The number of likely N-dealkylation sites (tertiary alicyclic amines) is 1. The molecule has 4 rings (SSSR count). The van der Waals surface area contributed by atoms with Gasteiger partial charge in [-0.1, -0.05) is 0 Å². The van der Waals surface area contributed by atoms with Crippen LogP contribution in [0.2, 0.25) is 0 Å². The maximum absolute atomic E-state index is 5.22. The zero-order valence-corrected chi connectivity index (χ0v) is 13.0. The van der Waals surface area contributed by atoms with Crippen molar-refractivity contribution >= 4 is 0 Å². The molecule has 2 aromatic rings. The van der Waals surface area contributed by atoms with E-state index in [1.165, 1.54) is 38.2 Å². The summed E-state index contributed by atoms with van der Waals surface area (Å²) in [5.41, 5.74) is 2.13. The van der Waals surface area contributed by atoms with Crippen LogP contribution in [0.4, 0.5) is 0 Å². The van der Waals surface area contributed by atoms with Crippen molar-refractivity contribution in [2.75, 3.05) is 32.7 Å². The standard InChI is InChI=1S/C17H24N4O/c1-7-20(8-1)9-10-21-12-16(15-4-11-22-13-15)19-17(21)14-2-5-18-6-3-14/h4,11-14,18H,1-3,5-10H2. The second-order valence-electron chi connectivity index (χ2n) is 6.41. The molecule has 0 amide bonds. The number of hydrogen-bond donors (Lipinski definition) is 1. The maximum Gasteiger partial charge on any atom is 0.112 e. The van der Waals surface area contributed by atoms with Crippen LogP contribution in [0, 0.1) is 0 Å². The van der Waals surface area contributed by atoms with E-state index in [-0.39, 0.29) is 0 Å². The van der Waals surface area contributed by atoms with E-state index in [1.807, 2.05) is 6.07 Å². The minimum atomic E-state index is 0.582. The summed E-state index contributed by atoms with van der Waals surface area (Å²) in [6.45, 7) is 6.90. The summed E-state index contributed by atoms with van der Waals surface area (Å²) >= 11 is 0. The first-order chi connectivity index (χ1) is 10.9. The van der Waals surface area contributed by atoms with E-state index >= 15 is 0 Å². The van der Waals surface area contributed by atoms with E-state index in [9.17, 15) is 0 Å². The van der Waals surface area contributed by atoms with Gasteiger partial charge in [-0.15, -0.1) is 0 Å². The largest absolute Gasteiger partial charge is 0.472 e. The SMILES string of the molecule is c1cc(-c2cn(CCN3CCC3)c(C3CCNCC3)n2)co1. The summed E-state index contributed by atoms with van der Waals surface area (Å²) in [4.78, 5) is 7.47. The summed E-state index contributed by atoms with van der Waals surface area (Å²) in [5.74, 6) is 1.84. The molecule has 118 valence electrons. The molecular weight excluding hydrogens is 276 g/mol. The second kappa shape index (κ2) is 6.26. The lowest BCUT2D eigenvalue weighted by molar-refractivity contribution is 0.173. The first kappa shape index (κ1) is 14.0. The average molecular weight is 300 g/mol. The van der Waals surface area contributed by atoms with E-state index in [1.54, 1.807) is 12.5 Å². The van der Waals surface area contributed by atoms with Gasteiger partial charge in [0.2, 0.25) is 0 Å². The predicted molar refractivity (Wildman–Crippen MR) is 85.8 cm³/mol. The molecule has 22 heavy (non-hydrogen) atoms. The Bertz CT molecular complexity index is 594. The number of aromatic nitrogens is 2. The van der Waals surface area contributed by atoms with Gasteiger partial charge in [0.15, 0.2) is 0 Å². The number of piperidine rings is 1. The van der Waals surface area contributed by atoms with Gasteiger partial charge in [0, 0.05) is 30.8 Å². The minimum absolute atomic E-state index is 0.582. The highest BCUT2D eigenvalue weighted by Crippen LogP contribution is 2.28. The summed E-state index contributed by atoms with van der Waals surface area (Å²) in [5, 5.41) is 3.45. The topological polar surface area (TPSA) is 46.2 Å². The Hall–Kier alpha value is -1.59. The van der Waals surface area contributed by atoms with Gasteiger partial charge in [-0.2, -0.15) is 0 Å². The van der Waals surface area contributed by atoms with Crippen molar-refractivity contribution in [1.29, 1.82) is 0 Å². The highest BCUT2D eigenvalue weighted by Gasteiger charge is 2.22. The first-order valence-electron chi connectivity index (χ1n) is 8.43. The van der Waals surface area contributed by atoms with Crippen molar-refractivity contribution in [2.24, 2.45) is 0 Å². The monoisotopic (exact) mass is 300 g/mol. The molecule has 5 heteroatoms. The molecular formula is C17H24N4O. The minimum Gasteiger partial charge on any atom is -0.472 e. The molecule has 2 aliphatic rings. The third-order valence-corrected chi connectivity index (χ3v) is 4.93. The van der Waals surface area contributed by atoms with E-state index in [0.29, 0.717) is 5.92 Å². The number of nitrogens with one attached hydrogen (secondary N) is 1. The van der Waals surface area contributed by atoms with Crippen LogP contribution in [0.3, 0.4) is 0 Å². The van der Waals surface area contributed by atoms with Crippen LogP contribution in [-0.4, -0.2) is 47.2 Å². The van der Waals surface area contributed by atoms with Crippen LogP contribution in [0.1, 0.15) is 31.0 Å². The molecule has 2 aliphatic heterocycles. The smallest absolute Gasteiger partial charge is 0.112 e. The Morgan fingerprint density at radius 3 is 2.77 bits per heavy atom. The quantitative estimate of drug-likeness (QED) is 0.920. The Morgan fingerprint density at radius 1 is 1.23 bits per heavy atom. The lowest BCUT2D eigenvalue weighted by atomic mass is 9.97. The lowest BCUT2D eigenvalue weighted by Crippen LogP contribution is -2.39. The predicted octanol–water partition coefficient (Wildman–Crippen LogP) is 2.32. The summed E-state index contributed by atoms with van der Waals surface area (Å²) in [6.07, 6.45) is 9.44. The van der Waals surface area contributed by atoms with Crippen molar-refractivity contribution in [3.63, 3.8) is 0 Å². The Morgan fingerprint density at radius 2 is 2.09 bits per heavy atom. The molecule has 0 bridgehead atoms. The van der Waals surface area contributed by atoms with Crippen LogP contribution < -0.4 is 5.32 Å². The van der Waals surface area contributed by atoms with Gasteiger partial charge in [-0.05, 0) is 51.5 Å². The van der Waals surface area contributed by atoms with Crippen LogP contribution >= 0.6 is 0 Å². The third kappa shape index (κ3) is 2.83. The van der Waals surface area contributed by atoms with Gasteiger partial charge >= 0.3 is 0 Å². The van der Waals surface area contributed by atoms with Crippen LogP contribution in [0.15, 0.2) is 29.2 Å². The van der Waals surface area contributed by atoms with Gasteiger partial charge in [-0.3, -0.25) is 0 Å². The Balaban J connectivity index is 1.57. The van der Waals surface area contributed by atoms with E-state index in [2.05, 4.69) is 21.0 Å². The fourth-order valence-corrected chi connectivity index (χ4v) is 3.42. The molecule has 2 saturated heterocycles. The average Bonchev–Trinajstić information content (AvgIpc) is 3.16. The van der Waals surface area contributed by atoms with Crippen molar-refractivity contribution in [3.8, 4) is 11.3 Å². The maximum atomic E-state index is 5.22. The normalized spacial score (nSPS) is 20.2. The fraction of sp³-hybridized carbons (Fsp3) is 0.588. The molecule has 0 aliphatic carbocycles. The molecule has 0 radical (unpaired) electrons. The fourth-order valence-electron chi connectivity index (χ4n) is 3.42. The zero-order chi connectivity index (χ0) is 14.8. The van der Waals surface area contributed by atoms with E-state index in [4.69, 9.17) is 9.40 Å². The number of hydrogen-bond acceptors (Lipinski definition) is 4. The molecule has 0 aromatic carbocycles. The van der Waals surface area contributed by atoms with Crippen molar-refractivity contribution in [3.05, 3.63) is 30.6 Å². The molecule has 2 fully saturated rings. The number of imidazole rings is 1. The first-order valence-corrected chi connectivity index (χ1v) is 8.43. The number of furan rings is 1. The van der Waals surface area contributed by atoms with Crippen LogP contribution in [-0.2, 0) is 6.54 Å². The van der Waals surface area contributed by atoms with Gasteiger partial charge < -0.3 is 19.2 Å². The Labute approximate surface area is 131 Å². The van der Waals surface area contributed by atoms with Crippen LogP contribution in [0.5, 0.6) is 0 Å². The van der Waals surface area contributed by atoms with Gasteiger partial charge in [-0.25, -0.2) is 4.98 Å². The molecule has 0 unspecified atom stereocenters. The summed E-state index contributed by atoms with van der Waals surface area (Å²) < 4.78 is 7.61. The highest BCUT2D eigenvalue weighted by atomic mass is 16.3. The molecule has 0 atom stereocenters. The molecule has 4 heterocycles. The molecule has 0 spiro atoms. The molecule has 0 saturated carbocycles. The third-order valence-electron chi connectivity index (χ3n) is 4.93. The number of nitrogens with zero attached hydrogens (tertiary/aromatic N) is 3. The molecule has 5 nitrogen and oxygen atoms in total. The van der Waals surface area contributed by atoms with Crippen molar-refractivity contribution in [1.82, 2.24) is 19.8 Å². The summed E-state index contributed by atoms with van der Waals surface area (Å²) in [7, 11) is 0. The highest BCUT2D eigenvalue weighted by molar-refractivity contribution is 5.56. The van der Waals surface area contributed by atoms with Gasteiger partial charge in [0.25, 0.3) is 0 Å². The van der Waals surface area contributed by atoms with Gasteiger partial charge in [0.1, 0.15) is 5.82 Å². The van der Waals surface area contributed by atoms with Crippen LogP contribution in [0.25, 0.3) is 11.3 Å².